The molecular formula is C21H24ClN3O4S. The van der Waals surface area contributed by atoms with Crippen LogP contribution in [0.1, 0.15) is 32.8 Å². The third-order valence-electron chi connectivity index (χ3n) is 4.73. The molecule has 0 bridgehead atoms. The molecule has 0 saturated carbocycles. The number of sulfonamides is 1. The fourth-order valence-corrected chi connectivity index (χ4v) is 4.04. The number of halogens is 1. The zero-order valence-electron chi connectivity index (χ0n) is 17.2. The lowest BCUT2D eigenvalue weighted by Gasteiger charge is -2.29. The highest BCUT2D eigenvalue weighted by atomic mass is 35.5. The van der Waals surface area contributed by atoms with Crippen LogP contribution in [-0.2, 0) is 20.2 Å². The lowest BCUT2D eigenvalue weighted by molar-refractivity contribution is -0.120. The highest BCUT2D eigenvalue weighted by Gasteiger charge is 2.26. The molecule has 0 aliphatic carbocycles. The van der Waals surface area contributed by atoms with E-state index < -0.39 is 16.1 Å². The number of hydrogen-bond acceptors (Lipinski definition) is 4. The molecule has 9 heteroatoms. The number of urea groups is 1. The van der Waals surface area contributed by atoms with Gasteiger partial charge in [-0.15, -0.1) is 0 Å². The standard InChI is InChI=1S/C21H24ClN3O4S/c1-21(2,3)14-9-13(10-16(11-14)25-8-7-19(26)23-20(25)27)17-6-5-15(12-18(17)22)24-30(4,28)29/h5-6,9-12,24H,7-8H2,1-4H3,(H,23,26,27). The van der Waals surface area contributed by atoms with Crippen LogP contribution in [0.3, 0.4) is 0 Å². The molecule has 0 radical (unpaired) electrons. The largest absolute Gasteiger partial charge is 0.328 e. The van der Waals surface area contributed by atoms with Gasteiger partial charge in [0.05, 0.1) is 11.3 Å². The zero-order chi connectivity index (χ0) is 22.3. The zero-order valence-corrected chi connectivity index (χ0v) is 18.8. The Morgan fingerprint density at radius 3 is 2.37 bits per heavy atom. The summed E-state index contributed by atoms with van der Waals surface area (Å²) in [6.45, 7) is 6.49. The second-order valence-electron chi connectivity index (χ2n) is 8.34. The summed E-state index contributed by atoms with van der Waals surface area (Å²) in [6.07, 6.45) is 1.30. The van der Waals surface area contributed by atoms with Crippen molar-refractivity contribution in [1.82, 2.24) is 5.32 Å². The number of nitrogens with one attached hydrogen (secondary N) is 2. The Labute approximate surface area is 181 Å². The Morgan fingerprint density at radius 2 is 1.80 bits per heavy atom. The molecule has 0 unspecified atom stereocenters. The molecule has 2 aromatic carbocycles. The van der Waals surface area contributed by atoms with Gasteiger partial charge < -0.3 is 0 Å². The summed E-state index contributed by atoms with van der Waals surface area (Å²) in [7, 11) is -3.42. The summed E-state index contributed by atoms with van der Waals surface area (Å²) in [6, 6.07) is 10.2. The van der Waals surface area contributed by atoms with Crippen molar-refractivity contribution in [3.8, 4) is 11.1 Å². The maximum absolute atomic E-state index is 12.4. The first kappa shape index (κ1) is 22.1. The number of carbonyl (C=O) groups is 2. The van der Waals surface area contributed by atoms with E-state index in [4.69, 9.17) is 11.6 Å². The van der Waals surface area contributed by atoms with Crippen molar-refractivity contribution in [3.05, 3.63) is 47.0 Å². The first-order valence-corrected chi connectivity index (χ1v) is 11.6. The SMILES string of the molecule is CC(C)(C)c1cc(-c2ccc(NS(C)(=O)=O)cc2Cl)cc(N2CCC(=O)NC2=O)c1. The number of anilines is 2. The highest BCUT2D eigenvalue weighted by molar-refractivity contribution is 7.92. The maximum atomic E-state index is 12.4. The molecule has 30 heavy (non-hydrogen) atoms. The van der Waals surface area contributed by atoms with E-state index >= 15 is 0 Å². The Balaban J connectivity index is 2.08. The Bertz CT molecular complexity index is 1120. The van der Waals surface area contributed by atoms with Crippen LogP contribution in [0, 0.1) is 0 Å². The van der Waals surface area contributed by atoms with Gasteiger partial charge in [0.1, 0.15) is 0 Å². The van der Waals surface area contributed by atoms with Gasteiger partial charge in [-0.2, -0.15) is 0 Å². The smallest absolute Gasteiger partial charge is 0.294 e. The van der Waals surface area contributed by atoms with Crippen LogP contribution in [0.25, 0.3) is 11.1 Å². The van der Waals surface area contributed by atoms with Gasteiger partial charge in [-0.05, 0) is 40.8 Å². The fourth-order valence-electron chi connectivity index (χ4n) is 3.19. The van der Waals surface area contributed by atoms with Crippen molar-refractivity contribution >= 4 is 44.9 Å². The number of amides is 3. The minimum atomic E-state index is -3.42. The van der Waals surface area contributed by atoms with Crippen molar-refractivity contribution < 1.29 is 18.0 Å². The number of benzene rings is 2. The van der Waals surface area contributed by atoms with E-state index in [0.29, 0.717) is 28.5 Å². The molecule has 1 heterocycles. The predicted molar refractivity (Wildman–Crippen MR) is 120 cm³/mol. The molecule has 1 aliphatic heterocycles. The highest BCUT2D eigenvalue weighted by Crippen LogP contribution is 2.37. The van der Waals surface area contributed by atoms with Gasteiger partial charge in [0.25, 0.3) is 0 Å². The van der Waals surface area contributed by atoms with E-state index in [1.807, 2.05) is 18.2 Å². The molecule has 0 spiro atoms. The first-order chi connectivity index (χ1) is 13.8. The third-order valence-corrected chi connectivity index (χ3v) is 5.65. The fraction of sp³-hybridized carbons (Fsp3) is 0.333. The molecule has 1 saturated heterocycles. The molecular weight excluding hydrogens is 426 g/mol. The Morgan fingerprint density at radius 1 is 1.10 bits per heavy atom. The van der Waals surface area contributed by atoms with Gasteiger partial charge in [0.15, 0.2) is 0 Å². The van der Waals surface area contributed by atoms with Gasteiger partial charge in [-0.3, -0.25) is 19.7 Å². The van der Waals surface area contributed by atoms with Crippen LogP contribution < -0.4 is 14.9 Å². The van der Waals surface area contributed by atoms with Crippen molar-refractivity contribution in [2.45, 2.75) is 32.6 Å². The summed E-state index contributed by atoms with van der Waals surface area (Å²) in [5.41, 5.74) is 3.32. The third kappa shape index (κ3) is 5.12. The molecule has 3 amide bonds. The van der Waals surface area contributed by atoms with Crippen molar-refractivity contribution in [3.63, 3.8) is 0 Å². The van der Waals surface area contributed by atoms with Gasteiger partial charge in [0, 0.05) is 29.9 Å². The van der Waals surface area contributed by atoms with Crippen LogP contribution in [0.15, 0.2) is 36.4 Å². The average Bonchev–Trinajstić information content (AvgIpc) is 2.59. The second-order valence-corrected chi connectivity index (χ2v) is 10.5. The van der Waals surface area contributed by atoms with Gasteiger partial charge in [0.2, 0.25) is 15.9 Å². The normalized spacial score (nSPS) is 15.2. The van der Waals surface area contributed by atoms with Crippen LogP contribution >= 0.6 is 11.6 Å². The van der Waals surface area contributed by atoms with Gasteiger partial charge in [-0.1, -0.05) is 44.5 Å². The summed E-state index contributed by atoms with van der Waals surface area (Å²) in [4.78, 5) is 25.4. The molecule has 1 aliphatic rings. The molecule has 1 fully saturated rings. The summed E-state index contributed by atoms with van der Waals surface area (Å²) >= 11 is 6.47. The minimum absolute atomic E-state index is 0.197. The minimum Gasteiger partial charge on any atom is -0.294 e. The molecule has 7 nitrogen and oxygen atoms in total. The lowest BCUT2D eigenvalue weighted by Crippen LogP contribution is -2.49. The maximum Gasteiger partial charge on any atom is 0.328 e. The molecule has 0 atom stereocenters. The molecule has 3 rings (SSSR count). The van der Waals surface area contributed by atoms with Crippen LogP contribution in [0.4, 0.5) is 16.2 Å². The monoisotopic (exact) mass is 449 g/mol. The molecule has 0 aromatic heterocycles. The van der Waals surface area contributed by atoms with E-state index in [0.717, 1.165) is 17.4 Å². The van der Waals surface area contributed by atoms with Crippen molar-refractivity contribution in [2.24, 2.45) is 0 Å². The van der Waals surface area contributed by atoms with E-state index in [-0.39, 0.29) is 17.7 Å². The number of rotatable bonds is 4. The van der Waals surface area contributed by atoms with Gasteiger partial charge in [-0.25, -0.2) is 13.2 Å². The Kier molecular flexibility index (Phi) is 5.84. The van der Waals surface area contributed by atoms with Crippen LogP contribution in [0.5, 0.6) is 0 Å². The quantitative estimate of drug-likeness (QED) is 0.733. The van der Waals surface area contributed by atoms with E-state index in [2.05, 4.69) is 30.8 Å². The number of imide groups is 1. The van der Waals surface area contributed by atoms with E-state index in [9.17, 15) is 18.0 Å². The first-order valence-electron chi connectivity index (χ1n) is 9.38. The lowest BCUT2D eigenvalue weighted by atomic mass is 9.84. The average molecular weight is 450 g/mol. The Hall–Kier alpha value is -2.58. The second kappa shape index (κ2) is 7.92. The van der Waals surface area contributed by atoms with Crippen LogP contribution in [0.2, 0.25) is 5.02 Å². The molecule has 2 aromatic rings. The predicted octanol–water partition coefficient (Wildman–Crippen LogP) is 4.12. The summed E-state index contributed by atoms with van der Waals surface area (Å²) < 4.78 is 25.4. The van der Waals surface area contributed by atoms with Crippen molar-refractivity contribution in [1.29, 1.82) is 0 Å². The summed E-state index contributed by atoms with van der Waals surface area (Å²) in [5.74, 6) is -0.291. The van der Waals surface area contributed by atoms with E-state index in [1.165, 1.54) is 4.90 Å². The number of carbonyl (C=O) groups excluding carboxylic acids is 2. The van der Waals surface area contributed by atoms with Crippen molar-refractivity contribution in [2.75, 3.05) is 22.4 Å². The number of nitrogens with zero attached hydrogens (tertiary/aromatic N) is 1. The number of hydrogen-bond donors (Lipinski definition) is 2. The summed E-state index contributed by atoms with van der Waals surface area (Å²) in [5, 5.41) is 2.72. The topological polar surface area (TPSA) is 95.6 Å². The van der Waals surface area contributed by atoms with Crippen LogP contribution in [-0.4, -0.2) is 33.2 Å². The van der Waals surface area contributed by atoms with E-state index in [1.54, 1.807) is 18.2 Å². The molecule has 160 valence electrons. The van der Waals surface area contributed by atoms with Gasteiger partial charge >= 0.3 is 6.03 Å². The molecule has 2 N–H and O–H groups in total.